The minimum atomic E-state index is 0.394. The third-order valence-corrected chi connectivity index (χ3v) is 6.60. The summed E-state index contributed by atoms with van der Waals surface area (Å²) in [5, 5.41) is 1.25. The molecule has 0 aliphatic carbocycles. The molecule has 0 atom stereocenters. The second kappa shape index (κ2) is 11.0. The van der Waals surface area contributed by atoms with Gasteiger partial charge in [-0.3, -0.25) is 0 Å². The summed E-state index contributed by atoms with van der Waals surface area (Å²) in [6, 6.07) is 33.0. The Kier molecular flexibility index (Phi) is 6.95. The van der Waals surface area contributed by atoms with E-state index in [1.807, 2.05) is 97.2 Å². The van der Waals surface area contributed by atoms with Gasteiger partial charge in [0.25, 0.3) is 0 Å². The van der Waals surface area contributed by atoms with E-state index in [4.69, 9.17) is 30.6 Å². The third-order valence-electron chi connectivity index (χ3n) is 5.80. The minimum Gasteiger partial charge on any atom is -0.457 e. The van der Waals surface area contributed by atoms with E-state index in [1.54, 1.807) is 18.5 Å². The van der Waals surface area contributed by atoms with E-state index in [-0.39, 0.29) is 0 Å². The van der Waals surface area contributed by atoms with Crippen molar-refractivity contribution in [2.45, 2.75) is 4.90 Å². The van der Waals surface area contributed by atoms with Gasteiger partial charge in [0.15, 0.2) is 5.65 Å². The van der Waals surface area contributed by atoms with Gasteiger partial charge in [0.2, 0.25) is 0 Å². The van der Waals surface area contributed by atoms with Gasteiger partial charge in [0.1, 0.15) is 16.7 Å². The first kappa shape index (κ1) is 24.1. The van der Waals surface area contributed by atoms with Crippen LogP contribution >= 0.6 is 23.6 Å². The first-order valence-corrected chi connectivity index (χ1v) is 12.9. The number of halogens is 1. The molecule has 0 fully saturated rings. The number of rotatable bonds is 8. The molecule has 186 valence electrons. The average molecular weight is 538 g/mol. The highest BCUT2D eigenvalue weighted by Crippen LogP contribution is 2.37. The Hall–Kier alpha value is -4.30. The summed E-state index contributed by atoms with van der Waals surface area (Å²) in [5.41, 5.74) is 4.14. The van der Waals surface area contributed by atoms with E-state index in [0.29, 0.717) is 10.8 Å². The fourth-order valence-corrected chi connectivity index (χ4v) is 4.67. The second-order valence-electron chi connectivity index (χ2n) is 8.28. The van der Waals surface area contributed by atoms with Crippen LogP contribution in [0.1, 0.15) is 0 Å². The zero-order chi connectivity index (χ0) is 25.7. The summed E-state index contributed by atoms with van der Waals surface area (Å²) in [7, 11) is 0. The van der Waals surface area contributed by atoms with E-state index < -0.39 is 0 Å². The van der Waals surface area contributed by atoms with E-state index in [9.17, 15) is 0 Å². The van der Waals surface area contributed by atoms with Crippen LogP contribution in [0.25, 0.3) is 33.3 Å². The third kappa shape index (κ3) is 5.21. The molecule has 6 nitrogen and oxygen atoms in total. The molecular formula is C30H20ClN3O3S. The van der Waals surface area contributed by atoms with Crippen LogP contribution in [0.15, 0.2) is 127 Å². The van der Waals surface area contributed by atoms with E-state index in [1.165, 1.54) is 4.73 Å². The minimum absolute atomic E-state index is 0.394. The van der Waals surface area contributed by atoms with Gasteiger partial charge in [-0.05, 0) is 54.1 Å². The maximum Gasteiger partial charge on any atom is 0.179 e. The van der Waals surface area contributed by atoms with Crippen molar-refractivity contribution in [3.05, 3.63) is 127 Å². The van der Waals surface area contributed by atoms with Crippen molar-refractivity contribution in [3.63, 3.8) is 0 Å². The quantitative estimate of drug-likeness (QED) is 0.0842. The lowest BCUT2D eigenvalue weighted by atomic mass is 10.0. The second-order valence-corrected chi connectivity index (χ2v) is 9.44. The molecule has 0 aliphatic heterocycles. The molecule has 0 saturated carbocycles. The number of para-hydroxylation sites is 2. The zero-order valence-electron chi connectivity index (χ0n) is 19.9. The number of ether oxygens (including phenoxy) is 1. The fourth-order valence-electron chi connectivity index (χ4n) is 4.06. The van der Waals surface area contributed by atoms with Gasteiger partial charge in [-0.2, -0.15) is 0 Å². The molecule has 3 heterocycles. The molecule has 0 N–H and O–H groups in total. The van der Waals surface area contributed by atoms with Crippen molar-refractivity contribution in [1.29, 1.82) is 0 Å². The van der Waals surface area contributed by atoms with Crippen molar-refractivity contribution in [3.8, 4) is 33.8 Å². The van der Waals surface area contributed by atoms with Gasteiger partial charge in [0, 0.05) is 39.4 Å². The van der Waals surface area contributed by atoms with Crippen molar-refractivity contribution < 1.29 is 14.1 Å². The number of pyridine rings is 2. The van der Waals surface area contributed by atoms with Crippen molar-refractivity contribution >= 4 is 34.7 Å². The van der Waals surface area contributed by atoms with Crippen LogP contribution in [-0.2, 0) is 4.33 Å². The normalized spacial score (nSPS) is 11.0. The van der Waals surface area contributed by atoms with Gasteiger partial charge >= 0.3 is 0 Å². The van der Waals surface area contributed by atoms with Crippen LogP contribution in [0.5, 0.6) is 11.5 Å². The Bertz CT molecular complexity index is 1690. The molecule has 0 unspecified atom stereocenters. The SMILES string of the molecule is Clc1cc(-c2cn(OOSc3ccccc3)c3ncc(-c4ccccc4Oc4ccccc4)cc23)ccn1. The monoisotopic (exact) mass is 537 g/mol. The molecule has 0 aliphatic rings. The average Bonchev–Trinajstić information content (AvgIpc) is 3.32. The van der Waals surface area contributed by atoms with Gasteiger partial charge in [-0.15, -0.1) is 4.73 Å². The van der Waals surface area contributed by atoms with Crippen LogP contribution in [0.4, 0.5) is 0 Å². The van der Waals surface area contributed by atoms with Crippen LogP contribution in [0.3, 0.4) is 0 Å². The Balaban J connectivity index is 1.39. The summed E-state index contributed by atoms with van der Waals surface area (Å²) in [6.45, 7) is 0. The topological polar surface area (TPSA) is 58.4 Å². The summed E-state index contributed by atoms with van der Waals surface area (Å²) in [5.74, 6) is 1.49. The Morgan fingerprint density at radius 2 is 1.50 bits per heavy atom. The van der Waals surface area contributed by atoms with Crippen molar-refractivity contribution in [2.24, 2.45) is 0 Å². The van der Waals surface area contributed by atoms with Gasteiger partial charge in [0.05, 0.1) is 18.2 Å². The highest BCUT2D eigenvalue weighted by atomic mass is 35.5. The van der Waals surface area contributed by atoms with Gasteiger partial charge in [-0.25, -0.2) is 15.0 Å². The highest BCUT2D eigenvalue weighted by molar-refractivity contribution is 7.94. The molecule has 8 heteroatoms. The number of nitrogens with zero attached hydrogens (tertiary/aromatic N) is 3. The molecule has 3 aromatic carbocycles. The predicted octanol–water partition coefficient (Wildman–Crippen LogP) is 8.28. The van der Waals surface area contributed by atoms with Crippen LogP contribution < -0.4 is 9.73 Å². The molecule has 0 saturated heterocycles. The fraction of sp³-hybridized carbons (Fsp3) is 0. The number of fused-ring (bicyclic) bond motifs is 1. The Labute approximate surface area is 228 Å². The Morgan fingerprint density at radius 3 is 2.32 bits per heavy atom. The van der Waals surface area contributed by atoms with E-state index in [2.05, 4.69) is 11.1 Å². The summed E-state index contributed by atoms with van der Waals surface area (Å²) >= 11 is 7.34. The molecule has 38 heavy (non-hydrogen) atoms. The lowest BCUT2D eigenvalue weighted by Gasteiger charge is -2.11. The standard InChI is InChI=1S/C30H20ClN3O3S/c31-29-18-21(15-16-32-29)27-20-34(36-37-38-24-11-5-2-6-12-24)30-26(27)17-22(19-33-30)25-13-7-8-14-28(25)35-23-9-3-1-4-10-23/h1-20H. The Morgan fingerprint density at radius 1 is 0.737 bits per heavy atom. The first-order chi connectivity index (χ1) is 18.7. The number of benzene rings is 3. The predicted molar refractivity (Wildman–Crippen MR) is 150 cm³/mol. The summed E-state index contributed by atoms with van der Waals surface area (Å²) in [6.07, 6.45) is 5.29. The highest BCUT2D eigenvalue weighted by Gasteiger charge is 2.17. The molecule has 6 aromatic rings. The van der Waals surface area contributed by atoms with Crippen molar-refractivity contribution in [1.82, 2.24) is 14.7 Å². The molecule has 3 aromatic heterocycles. The maximum absolute atomic E-state index is 6.22. The van der Waals surface area contributed by atoms with Crippen LogP contribution in [0, 0.1) is 0 Å². The van der Waals surface area contributed by atoms with E-state index >= 15 is 0 Å². The molecule has 0 bridgehead atoms. The van der Waals surface area contributed by atoms with Crippen LogP contribution in [0.2, 0.25) is 5.15 Å². The molecule has 6 rings (SSSR count). The molecule has 0 amide bonds. The largest absolute Gasteiger partial charge is 0.457 e. The molecule has 0 radical (unpaired) electrons. The van der Waals surface area contributed by atoms with Gasteiger partial charge < -0.3 is 4.74 Å². The lowest BCUT2D eigenvalue weighted by Crippen LogP contribution is -2.07. The molecule has 0 spiro atoms. The van der Waals surface area contributed by atoms with Gasteiger partial charge in [-0.1, -0.05) is 70.5 Å². The maximum atomic E-state index is 6.22. The summed E-state index contributed by atoms with van der Waals surface area (Å²) in [4.78, 5) is 15.4. The number of hydrogen-bond acceptors (Lipinski definition) is 6. The number of aromatic nitrogens is 3. The van der Waals surface area contributed by atoms with Crippen molar-refractivity contribution in [2.75, 3.05) is 0 Å². The summed E-state index contributed by atoms with van der Waals surface area (Å²) < 4.78 is 13.2. The van der Waals surface area contributed by atoms with E-state index in [0.717, 1.165) is 56.1 Å². The molecular weight excluding hydrogens is 518 g/mol. The first-order valence-electron chi connectivity index (χ1n) is 11.8. The smallest absolute Gasteiger partial charge is 0.179 e. The number of hydrogen-bond donors (Lipinski definition) is 0. The van der Waals surface area contributed by atoms with Crippen LogP contribution in [-0.4, -0.2) is 14.7 Å². The lowest BCUT2D eigenvalue weighted by molar-refractivity contribution is -0.188. The zero-order valence-corrected chi connectivity index (χ0v) is 21.5.